The minimum absolute atomic E-state index is 0.0131. The van der Waals surface area contributed by atoms with Gasteiger partial charge >= 0.3 is 0 Å². The summed E-state index contributed by atoms with van der Waals surface area (Å²) < 4.78 is 5.43. The SMILES string of the molecule is COc1ccccc1N1CCN(C(=O)C(N)c2ccccc2)CC1. The van der Waals surface area contributed by atoms with Crippen molar-refractivity contribution in [1.29, 1.82) is 0 Å². The molecule has 2 aromatic rings. The van der Waals surface area contributed by atoms with E-state index < -0.39 is 6.04 Å². The molecule has 0 spiro atoms. The van der Waals surface area contributed by atoms with Crippen LogP contribution in [0.3, 0.4) is 0 Å². The molecule has 5 nitrogen and oxygen atoms in total. The third-order valence-corrected chi connectivity index (χ3v) is 4.44. The highest BCUT2D eigenvalue weighted by molar-refractivity contribution is 5.83. The fourth-order valence-electron chi connectivity index (χ4n) is 3.06. The van der Waals surface area contributed by atoms with Crippen LogP contribution in [0.25, 0.3) is 0 Å². The Morgan fingerprint density at radius 1 is 1.00 bits per heavy atom. The third kappa shape index (κ3) is 3.36. The maximum Gasteiger partial charge on any atom is 0.244 e. The Hall–Kier alpha value is -2.53. The van der Waals surface area contributed by atoms with Crippen molar-refractivity contribution in [2.24, 2.45) is 5.73 Å². The monoisotopic (exact) mass is 325 g/mol. The minimum atomic E-state index is -0.594. The third-order valence-electron chi connectivity index (χ3n) is 4.44. The average molecular weight is 325 g/mol. The van der Waals surface area contributed by atoms with E-state index in [4.69, 9.17) is 10.5 Å². The summed E-state index contributed by atoms with van der Waals surface area (Å²) >= 11 is 0. The second-order valence-corrected chi connectivity index (χ2v) is 5.87. The number of methoxy groups -OCH3 is 1. The Bertz CT molecular complexity index is 682. The quantitative estimate of drug-likeness (QED) is 0.935. The molecule has 0 bridgehead atoms. The molecular formula is C19H23N3O2. The molecule has 1 atom stereocenters. The van der Waals surface area contributed by atoms with Crippen LogP contribution in [0.5, 0.6) is 5.75 Å². The molecule has 1 aliphatic heterocycles. The Morgan fingerprint density at radius 2 is 1.62 bits per heavy atom. The summed E-state index contributed by atoms with van der Waals surface area (Å²) in [6, 6.07) is 16.9. The summed E-state index contributed by atoms with van der Waals surface area (Å²) in [5.74, 6) is 0.846. The maximum atomic E-state index is 12.6. The molecule has 24 heavy (non-hydrogen) atoms. The summed E-state index contributed by atoms with van der Waals surface area (Å²) in [5.41, 5.74) is 8.06. The topological polar surface area (TPSA) is 58.8 Å². The number of nitrogens with two attached hydrogens (primary N) is 1. The second-order valence-electron chi connectivity index (χ2n) is 5.87. The van der Waals surface area contributed by atoms with Crippen molar-refractivity contribution in [1.82, 2.24) is 4.90 Å². The smallest absolute Gasteiger partial charge is 0.244 e. The van der Waals surface area contributed by atoms with Gasteiger partial charge in [-0.3, -0.25) is 4.79 Å². The van der Waals surface area contributed by atoms with Crippen molar-refractivity contribution in [2.75, 3.05) is 38.2 Å². The molecule has 1 heterocycles. The van der Waals surface area contributed by atoms with Crippen LogP contribution in [0.4, 0.5) is 5.69 Å². The first-order valence-electron chi connectivity index (χ1n) is 8.18. The zero-order valence-electron chi connectivity index (χ0n) is 13.9. The van der Waals surface area contributed by atoms with E-state index in [1.807, 2.05) is 59.5 Å². The fraction of sp³-hybridized carbons (Fsp3) is 0.316. The van der Waals surface area contributed by atoms with Crippen molar-refractivity contribution < 1.29 is 9.53 Å². The number of nitrogens with zero attached hydrogens (tertiary/aromatic N) is 2. The van der Waals surface area contributed by atoms with E-state index in [0.29, 0.717) is 13.1 Å². The number of anilines is 1. The number of ether oxygens (including phenoxy) is 1. The zero-order chi connectivity index (χ0) is 16.9. The number of hydrogen-bond acceptors (Lipinski definition) is 4. The van der Waals surface area contributed by atoms with Crippen molar-refractivity contribution in [2.45, 2.75) is 6.04 Å². The number of amides is 1. The largest absolute Gasteiger partial charge is 0.495 e. The van der Waals surface area contributed by atoms with Gasteiger partial charge in [-0.15, -0.1) is 0 Å². The highest BCUT2D eigenvalue weighted by atomic mass is 16.5. The van der Waals surface area contributed by atoms with E-state index in [0.717, 1.165) is 30.1 Å². The van der Waals surface area contributed by atoms with E-state index in [1.165, 1.54) is 0 Å². The predicted molar refractivity (Wildman–Crippen MR) is 95.2 cm³/mol. The van der Waals surface area contributed by atoms with Gasteiger partial charge in [-0.1, -0.05) is 42.5 Å². The Morgan fingerprint density at radius 3 is 2.29 bits per heavy atom. The van der Waals surface area contributed by atoms with Crippen LogP contribution in [-0.2, 0) is 4.79 Å². The van der Waals surface area contributed by atoms with Gasteiger partial charge in [0.1, 0.15) is 11.8 Å². The summed E-state index contributed by atoms with van der Waals surface area (Å²) in [4.78, 5) is 16.7. The van der Waals surface area contributed by atoms with Gasteiger partial charge in [0.2, 0.25) is 5.91 Å². The number of para-hydroxylation sites is 2. The fourth-order valence-corrected chi connectivity index (χ4v) is 3.06. The van der Waals surface area contributed by atoms with E-state index >= 15 is 0 Å². The summed E-state index contributed by atoms with van der Waals surface area (Å²) in [5, 5.41) is 0. The molecule has 1 amide bonds. The van der Waals surface area contributed by atoms with Crippen LogP contribution in [0.1, 0.15) is 11.6 Å². The first-order valence-corrected chi connectivity index (χ1v) is 8.18. The lowest BCUT2D eigenvalue weighted by Crippen LogP contribution is -2.51. The Labute approximate surface area is 142 Å². The lowest BCUT2D eigenvalue weighted by atomic mass is 10.1. The van der Waals surface area contributed by atoms with Crippen LogP contribution < -0.4 is 15.4 Å². The summed E-state index contributed by atoms with van der Waals surface area (Å²) in [7, 11) is 1.68. The van der Waals surface area contributed by atoms with Crippen molar-refractivity contribution in [3.8, 4) is 5.75 Å². The van der Waals surface area contributed by atoms with Crippen molar-refractivity contribution in [3.05, 3.63) is 60.2 Å². The molecule has 1 saturated heterocycles. The van der Waals surface area contributed by atoms with Crippen molar-refractivity contribution in [3.63, 3.8) is 0 Å². The molecule has 5 heteroatoms. The van der Waals surface area contributed by atoms with Crippen LogP contribution in [0.15, 0.2) is 54.6 Å². The zero-order valence-corrected chi connectivity index (χ0v) is 13.9. The summed E-state index contributed by atoms with van der Waals surface area (Å²) in [6.07, 6.45) is 0. The first kappa shape index (κ1) is 16.3. The molecule has 0 aromatic heterocycles. The van der Waals surface area contributed by atoms with Crippen LogP contribution >= 0.6 is 0 Å². The highest BCUT2D eigenvalue weighted by Crippen LogP contribution is 2.28. The highest BCUT2D eigenvalue weighted by Gasteiger charge is 2.26. The molecule has 0 saturated carbocycles. The molecule has 2 N–H and O–H groups in total. The standard InChI is InChI=1S/C19H23N3O2/c1-24-17-10-6-5-9-16(17)21-11-13-22(14-12-21)19(23)18(20)15-7-3-2-4-8-15/h2-10,18H,11-14,20H2,1H3. The lowest BCUT2D eigenvalue weighted by molar-refractivity contribution is -0.133. The van der Waals surface area contributed by atoms with E-state index in [1.54, 1.807) is 7.11 Å². The van der Waals surface area contributed by atoms with Gasteiger partial charge in [0.25, 0.3) is 0 Å². The van der Waals surface area contributed by atoms with Crippen LogP contribution in [-0.4, -0.2) is 44.1 Å². The van der Waals surface area contributed by atoms with Gasteiger partial charge in [-0.05, 0) is 17.7 Å². The molecule has 126 valence electrons. The first-order chi connectivity index (χ1) is 11.7. The van der Waals surface area contributed by atoms with E-state index in [-0.39, 0.29) is 5.91 Å². The van der Waals surface area contributed by atoms with Gasteiger partial charge in [-0.2, -0.15) is 0 Å². The molecular weight excluding hydrogens is 302 g/mol. The number of rotatable bonds is 4. The minimum Gasteiger partial charge on any atom is -0.495 e. The second kappa shape index (κ2) is 7.36. The molecule has 0 radical (unpaired) electrons. The number of piperazine rings is 1. The summed E-state index contributed by atoms with van der Waals surface area (Å²) in [6.45, 7) is 2.87. The molecule has 1 fully saturated rings. The van der Waals surface area contributed by atoms with Crippen molar-refractivity contribution >= 4 is 11.6 Å². The van der Waals surface area contributed by atoms with Gasteiger partial charge in [0.05, 0.1) is 12.8 Å². The van der Waals surface area contributed by atoms with Gasteiger partial charge in [-0.25, -0.2) is 0 Å². The Balaban J connectivity index is 1.63. The number of carbonyl (C=O) groups is 1. The van der Waals surface area contributed by atoms with Gasteiger partial charge in [0, 0.05) is 26.2 Å². The molecule has 0 aliphatic carbocycles. The number of carbonyl (C=O) groups excluding carboxylic acids is 1. The predicted octanol–water partition coefficient (Wildman–Crippen LogP) is 2.04. The van der Waals surface area contributed by atoms with E-state index in [2.05, 4.69) is 4.90 Å². The van der Waals surface area contributed by atoms with Gasteiger partial charge < -0.3 is 20.3 Å². The molecule has 1 unspecified atom stereocenters. The molecule has 2 aromatic carbocycles. The van der Waals surface area contributed by atoms with Crippen LogP contribution in [0, 0.1) is 0 Å². The number of hydrogen-bond donors (Lipinski definition) is 1. The van der Waals surface area contributed by atoms with Crippen LogP contribution in [0.2, 0.25) is 0 Å². The van der Waals surface area contributed by atoms with E-state index in [9.17, 15) is 4.79 Å². The number of benzene rings is 2. The normalized spacial score (nSPS) is 15.9. The molecule has 1 aliphatic rings. The lowest BCUT2D eigenvalue weighted by Gasteiger charge is -2.37. The van der Waals surface area contributed by atoms with Gasteiger partial charge in [0.15, 0.2) is 0 Å². The average Bonchev–Trinajstić information content (AvgIpc) is 2.67. The molecule has 3 rings (SSSR count). The Kier molecular flexibility index (Phi) is 5.01. The maximum absolute atomic E-state index is 12.6.